The van der Waals surface area contributed by atoms with Crippen LogP contribution >= 0.6 is 0 Å². The largest absolute Gasteiger partial charge is 0.384 e. The average molecular weight is 383 g/mol. The van der Waals surface area contributed by atoms with Crippen LogP contribution in [0.15, 0.2) is 59.8 Å². The molecule has 0 amide bonds. The predicted octanol–water partition coefficient (Wildman–Crippen LogP) is 2.97. The summed E-state index contributed by atoms with van der Waals surface area (Å²) in [7, 11) is -3.60. The maximum absolute atomic E-state index is 13.3. The second-order valence-corrected chi connectivity index (χ2v) is 8.50. The molecule has 8 heteroatoms. The van der Waals surface area contributed by atoms with Crippen LogP contribution in [-0.4, -0.2) is 34.4 Å². The third-order valence-corrected chi connectivity index (χ3v) is 6.82. The molecule has 1 aliphatic heterocycles. The highest BCUT2D eigenvalue weighted by molar-refractivity contribution is 7.89. The quantitative estimate of drug-likeness (QED) is 0.721. The monoisotopic (exact) mass is 383 g/mol. The molecule has 0 unspecified atom stereocenters. The molecule has 1 aromatic carbocycles. The SMILES string of the molecule is Nc1cc(-c2cn[nH]c2[C@H]2CCCCN2S(=O)(=O)c2ccccc2)ccn1. The molecule has 2 aromatic heterocycles. The first-order valence-corrected chi connectivity index (χ1v) is 10.3. The Morgan fingerprint density at radius 2 is 1.96 bits per heavy atom. The van der Waals surface area contributed by atoms with Crippen LogP contribution in [0.3, 0.4) is 0 Å². The number of aromatic nitrogens is 3. The van der Waals surface area contributed by atoms with Crippen molar-refractivity contribution < 1.29 is 8.42 Å². The second kappa shape index (κ2) is 7.13. The standard InChI is InChI=1S/C19H21N5O2S/c20-18-12-14(9-10-21-18)16-13-22-23-19(16)17-8-4-5-11-24(17)27(25,26)15-6-2-1-3-7-15/h1-3,6-7,9-10,12-13,17H,4-5,8,11H2,(H2,20,21)(H,22,23)/t17-/m1/s1. The lowest BCUT2D eigenvalue weighted by Gasteiger charge is -2.34. The van der Waals surface area contributed by atoms with Gasteiger partial charge in [0.1, 0.15) is 5.82 Å². The zero-order valence-corrected chi connectivity index (χ0v) is 15.6. The molecule has 3 N–H and O–H groups in total. The molecule has 4 rings (SSSR count). The van der Waals surface area contributed by atoms with Gasteiger partial charge in [0.15, 0.2) is 0 Å². The summed E-state index contributed by atoms with van der Waals surface area (Å²) in [5.74, 6) is 0.414. The molecule has 1 aliphatic rings. The van der Waals surface area contributed by atoms with Gasteiger partial charge in [-0.3, -0.25) is 5.10 Å². The lowest BCUT2D eigenvalue weighted by Crippen LogP contribution is -2.38. The molecule has 0 bridgehead atoms. The van der Waals surface area contributed by atoms with E-state index in [1.165, 1.54) is 0 Å². The van der Waals surface area contributed by atoms with Crippen molar-refractivity contribution in [1.29, 1.82) is 0 Å². The summed E-state index contributed by atoms with van der Waals surface area (Å²) in [6.07, 6.45) is 5.89. The summed E-state index contributed by atoms with van der Waals surface area (Å²) >= 11 is 0. The number of pyridine rings is 1. The van der Waals surface area contributed by atoms with Crippen LogP contribution in [0.5, 0.6) is 0 Å². The van der Waals surface area contributed by atoms with Crippen LogP contribution in [0.1, 0.15) is 31.0 Å². The van der Waals surface area contributed by atoms with Crippen molar-refractivity contribution in [3.05, 3.63) is 60.6 Å². The number of sulfonamides is 1. The molecule has 0 aliphatic carbocycles. The molecule has 0 radical (unpaired) electrons. The first kappa shape index (κ1) is 17.7. The molecule has 1 saturated heterocycles. The van der Waals surface area contributed by atoms with Gasteiger partial charge in [0.05, 0.1) is 22.8 Å². The van der Waals surface area contributed by atoms with Gasteiger partial charge in [-0.15, -0.1) is 0 Å². The minimum Gasteiger partial charge on any atom is -0.384 e. The Hall–Kier alpha value is -2.71. The van der Waals surface area contributed by atoms with Crippen LogP contribution in [0, 0.1) is 0 Å². The number of piperidine rings is 1. The van der Waals surface area contributed by atoms with E-state index in [1.807, 2.05) is 12.1 Å². The Balaban J connectivity index is 1.76. The molecule has 3 heterocycles. The Morgan fingerprint density at radius 3 is 2.74 bits per heavy atom. The average Bonchev–Trinajstić information content (AvgIpc) is 3.18. The number of benzene rings is 1. The third kappa shape index (κ3) is 3.33. The van der Waals surface area contributed by atoms with Gasteiger partial charge in [0.25, 0.3) is 0 Å². The Labute approximate surface area is 158 Å². The van der Waals surface area contributed by atoms with E-state index in [9.17, 15) is 8.42 Å². The van der Waals surface area contributed by atoms with Gasteiger partial charge < -0.3 is 5.73 Å². The van der Waals surface area contributed by atoms with E-state index in [0.717, 1.165) is 36.1 Å². The molecule has 140 valence electrons. The van der Waals surface area contributed by atoms with E-state index in [4.69, 9.17) is 5.73 Å². The number of anilines is 1. The molecule has 7 nitrogen and oxygen atoms in total. The summed E-state index contributed by atoms with van der Waals surface area (Å²) in [5.41, 5.74) is 8.33. The topological polar surface area (TPSA) is 105 Å². The van der Waals surface area contributed by atoms with E-state index < -0.39 is 10.0 Å². The number of hydrogen-bond acceptors (Lipinski definition) is 5. The number of nitrogens with one attached hydrogen (secondary N) is 1. The van der Waals surface area contributed by atoms with Gasteiger partial charge in [-0.1, -0.05) is 24.6 Å². The van der Waals surface area contributed by atoms with Gasteiger partial charge in [-0.2, -0.15) is 9.40 Å². The number of rotatable bonds is 4. The van der Waals surface area contributed by atoms with Gasteiger partial charge in [0, 0.05) is 18.3 Å². The lowest BCUT2D eigenvalue weighted by atomic mass is 9.97. The maximum Gasteiger partial charge on any atom is 0.243 e. The molecule has 0 saturated carbocycles. The first-order chi connectivity index (χ1) is 13.1. The number of H-pyrrole nitrogens is 1. The predicted molar refractivity (Wildman–Crippen MR) is 103 cm³/mol. The van der Waals surface area contributed by atoms with Crippen molar-refractivity contribution in [3.63, 3.8) is 0 Å². The zero-order chi connectivity index (χ0) is 18.9. The van der Waals surface area contributed by atoms with E-state index in [2.05, 4.69) is 15.2 Å². The fourth-order valence-corrected chi connectivity index (χ4v) is 5.29. The summed E-state index contributed by atoms with van der Waals surface area (Å²) in [6, 6.07) is 11.9. The molecule has 1 atom stereocenters. The van der Waals surface area contributed by atoms with E-state index in [0.29, 0.717) is 17.3 Å². The number of nitrogens with zero attached hydrogens (tertiary/aromatic N) is 3. The third-order valence-electron chi connectivity index (χ3n) is 4.90. The normalized spacial score (nSPS) is 18.4. The van der Waals surface area contributed by atoms with Crippen LogP contribution in [0.4, 0.5) is 5.82 Å². The highest BCUT2D eigenvalue weighted by Crippen LogP contribution is 2.38. The Morgan fingerprint density at radius 1 is 1.15 bits per heavy atom. The van der Waals surface area contributed by atoms with Crippen molar-refractivity contribution in [2.75, 3.05) is 12.3 Å². The van der Waals surface area contributed by atoms with Crippen LogP contribution in [-0.2, 0) is 10.0 Å². The van der Waals surface area contributed by atoms with Crippen LogP contribution in [0.2, 0.25) is 0 Å². The maximum atomic E-state index is 13.3. The van der Waals surface area contributed by atoms with Crippen molar-refractivity contribution >= 4 is 15.8 Å². The number of nitrogen functional groups attached to an aromatic ring is 1. The molecular formula is C19H21N5O2S. The van der Waals surface area contributed by atoms with Crippen molar-refractivity contribution in [1.82, 2.24) is 19.5 Å². The van der Waals surface area contributed by atoms with E-state index in [-0.39, 0.29) is 6.04 Å². The second-order valence-electron chi connectivity index (χ2n) is 6.61. The minimum absolute atomic E-state index is 0.296. The van der Waals surface area contributed by atoms with Gasteiger partial charge >= 0.3 is 0 Å². The fraction of sp³-hybridized carbons (Fsp3) is 0.263. The first-order valence-electron chi connectivity index (χ1n) is 8.89. The molecule has 0 spiro atoms. The summed E-state index contributed by atoms with van der Waals surface area (Å²) in [6.45, 7) is 0.485. The molecule has 27 heavy (non-hydrogen) atoms. The summed E-state index contributed by atoms with van der Waals surface area (Å²) < 4.78 is 28.1. The lowest BCUT2D eigenvalue weighted by molar-refractivity contribution is 0.252. The van der Waals surface area contributed by atoms with Gasteiger partial charge in [-0.05, 0) is 42.7 Å². The van der Waals surface area contributed by atoms with Gasteiger partial charge in [-0.25, -0.2) is 13.4 Å². The zero-order valence-electron chi connectivity index (χ0n) is 14.7. The van der Waals surface area contributed by atoms with E-state index >= 15 is 0 Å². The smallest absolute Gasteiger partial charge is 0.243 e. The highest BCUT2D eigenvalue weighted by Gasteiger charge is 2.36. The fourth-order valence-electron chi connectivity index (χ4n) is 3.61. The van der Waals surface area contributed by atoms with Crippen LogP contribution in [0.25, 0.3) is 11.1 Å². The number of hydrogen-bond donors (Lipinski definition) is 2. The Kier molecular flexibility index (Phi) is 4.67. The summed E-state index contributed by atoms with van der Waals surface area (Å²) in [5, 5.41) is 7.21. The molecule has 3 aromatic rings. The van der Waals surface area contributed by atoms with Crippen molar-refractivity contribution in [3.8, 4) is 11.1 Å². The minimum atomic E-state index is -3.60. The molecule has 1 fully saturated rings. The molecular weight excluding hydrogens is 362 g/mol. The summed E-state index contributed by atoms with van der Waals surface area (Å²) in [4.78, 5) is 4.34. The number of nitrogens with two attached hydrogens (primary N) is 1. The van der Waals surface area contributed by atoms with Crippen molar-refractivity contribution in [2.24, 2.45) is 0 Å². The van der Waals surface area contributed by atoms with Crippen molar-refractivity contribution in [2.45, 2.75) is 30.2 Å². The number of aromatic amines is 1. The Bertz CT molecular complexity index is 1030. The van der Waals surface area contributed by atoms with Crippen LogP contribution < -0.4 is 5.73 Å². The highest BCUT2D eigenvalue weighted by atomic mass is 32.2. The van der Waals surface area contributed by atoms with Gasteiger partial charge in [0.2, 0.25) is 10.0 Å². The van der Waals surface area contributed by atoms with E-state index in [1.54, 1.807) is 47.0 Å².